The molecule has 0 saturated carbocycles. The molecule has 1 aromatic heterocycles. The van der Waals surface area contributed by atoms with E-state index in [0.717, 1.165) is 11.3 Å². The molecule has 64 valence electrons. The highest BCUT2D eigenvalue weighted by Crippen LogP contribution is 2.04. The first-order valence-electron chi connectivity index (χ1n) is 3.55. The Bertz CT molecular complexity index is 310. The third-order valence-electron chi connectivity index (χ3n) is 1.68. The fourth-order valence-electron chi connectivity index (χ4n) is 0.790. The van der Waals surface area contributed by atoms with Gasteiger partial charge in [-0.1, -0.05) is 0 Å². The molecule has 12 heavy (non-hydrogen) atoms. The van der Waals surface area contributed by atoms with Gasteiger partial charge in [0.25, 0.3) is 5.91 Å². The van der Waals surface area contributed by atoms with E-state index >= 15 is 0 Å². The molecule has 0 spiro atoms. The van der Waals surface area contributed by atoms with Crippen LogP contribution in [-0.2, 0) is 0 Å². The van der Waals surface area contributed by atoms with Crippen LogP contribution >= 0.6 is 0 Å². The molecule has 0 aliphatic rings. The highest BCUT2D eigenvalue weighted by molar-refractivity contribution is 5.93. The van der Waals surface area contributed by atoms with Crippen LogP contribution in [0.3, 0.4) is 0 Å². The van der Waals surface area contributed by atoms with Crippen molar-refractivity contribution in [2.24, 2.45) is 0 Å². The van der Waals surface area contributed by atoms with E-state index in [1.54, 1.807) is 20.9 Å². The zero-order valence-electron chi connectivity index (χ0n) is 7.25. The van der Waals surface area contributed by atoms with Crippen LogP contribution in [0.2, 0.25) is 0 Å². The molecule has 0 bridgehead atoms. The van der Waals surface area contributed by atoms with E-state index in [2.05, 4.69) is 20.7 Å². The Morgan fingerprint density at radius 1 is 1.33 bits per heavy atom. The van der Waals surface area contributed by atoms with Crippen molar-refractivity contribution in [3.8, 4) is 0 Å². The van der Waals surface area contributed by atoms with Crippen molar-refractivity contribution >= 4 is 5.91 Å². The van der Waals surface area contributed by atoms with Crippen LogP contribution < -0.4 is 5.32 Å². The number of aryl methyl sites for hydroxylation is 1. The number of aromatic nitrogens is 3. The Balaban J connectivity index is 3.16. The van der Waals surface area contributed by atoms with Crippen LogP contribution in [0.4, 0.5) is 0 Å². The molecule has 0 aromatic carbocycles. The minimum absolute atomic E-state index is 0.231. The van der Waals surface area contributed by atoms with E-state index in [1.165, 1.54) is 0 Å². The Hall–Kier alpha value is -1.52. The molecule has 5 heteroatoms. The Labute approximate surface area is 70.2 Å². The van der Waals surface area contributed by atoms with E-state index in [0.29, 0.717) is 5.69 Å². The maximum Gasteiger partial charge on any atom is 0.271 e. The van der Waals surface area contributed by atoms with Crippen molar-refractivity contribution in [2.75, 3.05) is 7.05 Å². The molecule has 0 aliphatic heterocycles. The summed E-state index contributed by atoms with van der Waals surface area (Å²) >= 11 is 0. The predicted octanol–water partition coefficient (Wildman–Crippen LogP) is -0.152. The Kier molecular flexibility index (Phi) is 2.32. The minimum atomic E-state index is -0.231. The molecule has 1 N–H and O–H groups in total. The number of carbonyl (C=O) groups is 1. The summed E-state index contributed by atoms with van der Waals surface area (Å²) in [4.78, 5) is 11.1. The summed E-state index contributed by atoms with van der Waals surface area (Å²) < 4.78 is 0. The van der Waals surface area contributed by atoms with Crippen LogP contribution in [0.1, 0.15) is 21.7 Å². The standard InChI is InChI=1S/C7H10N4O/c1-4-5(2)9-11-10-6(4)7(12)8-3/h1-3H3,(H,8,12). The topological polar surface area (TPSA) is 67.8 Å². The summed E-state index contributed by atoms with van der Waals surface area (Å²) in [7, 11) is 1.55. The lowest BCUT2D eigenvalue weighted by Gasteiger charge is -2.02. The van der Waals surface area contributed by atoms with Crippen LogP contribution in [-0.4, -0.2) is 28.4 Å². The van der Waals surface area contributed by atoms with Gasteiger partial charge in [0.1, 0.15) is 0 Å². The van der Waals surface area contributed by atoms with Gasteiger partial charge in [-0.3, -0.25) is 4.79 Å². The molecule has 0 radical (unpaired) electrons. The van der Waals surface area contributed by atoms with Gasteiger partial charge in [0.05, 0.1) is 5.69 Å². The molecule has 0 atom stereocenters. The molecular weight excluding hydrogens is 156 g/mol. The fraction of sp³-hybridized carbons (Fsp3) is 0.429. The molecule has 1 heterocycles. The monoisotopic (exact) mass is 166 g/mol. The van der Waals surface area contributed by atoms with Crippen molar-refractivity contribution < 1.29 is 4.79 Å². The first kappa shape index (κ1) is 8.58. The summed E-state index contributed by atoms with van der Waals surface area (Å²) in [5.41, 5.74) is 1.83. The second-order valence-electron chi connectivity index (χ2n) is 2.43. The van der Waals surface area contributed by atoms with E-state index in [4.69, 9.17) is 0 Å². The van der Waals surface area contributed by atoms with Crippen LogP contribution in [0.25, 0.3) is 0 Å². The first-order chi connectivity index (χ1) is 5.66. The highest BCUT2D eigenvalue weighted by atomic mass is 16.1. The molecule has 1 amide bonds. The van der Waals surface area contributed by atoms with Gasteiger partial charge in [-0.05, 0) is 19.1 Å². The zero-order chi connectivity index (χ0) is 9.14. The van der Waals surface area contributed by atoms with Gasteiger partial charge in [0.2, 0.25) is 0 Å². The quantitative estimate of drug-likeness (QED) is 0.630. The molecule has 0 fully saturated rings. The van der Waals surface area contributed by atoms with Crippen molar-refractivity contribution in [3.63, 3.8) is 0 Å². The van der Waals surface area contributed by atoms with Crippen molar-refractivity contribution in [1.82, 2.24) is 20.7 Å². The third kappa shape index (κ3) is 1.39. The van der Waals surface area contributed by atoms with E-state index in [1.807, 2.05) is 0 Å². The van der Waals surface area contributed by atoms with Gasteiger partial charge in [0, 0.05) is 12.6 Å². The van der Waals surface area contributed by atoms with Gasteiger partial charge in [-0.15, -0.1) is 10.2 Å². The average Bonchev–Trinajstić information content (AvgIpc) is 2.08. The molecule has 0 saturated heterocycles. The summed E-state index contributed by atoms with van der Waals surface area (Å²) in [6.45, 7) is 3.58. The maximum atomic E-state index is 11.1. The van der Waals surface area contributed by atoms with Crippen molar-refractivity contribution in [2.45, 2.75) is 13.8 Å². The molecule has 1 rings (SSSR count). The lowest BCUT2D eigenvalue weighted by atomic mass is 10.2. The largest absolute Gasteiger partial charge is 0.354 e. The van der Waals surface area contributed by atoms with Gasteiger partial charge in [-0.2, -0.15) is 0 Å². The first-order valence-corrected chi connectivity index (χ1v) is 3.55. The number of hydrogen-bond acceptors (Lipinski definition) is 4. The molecular formula is C7H10N4O. The van der Waals surface area contributed by atoms with Gasteiger partial charge in [0.15, 0.2) is 5.69 Å². The minimum Gasteiger partial charge on any atom is -0.354 e. The highest BCUT2D eigenvalue weighted by Gasteiger charge is 2.11. The number of hydrogen-bond donors (Lipinski definition) is 1. The van der Waals surface area contributed by atoms with Gasteiger partial charge < -0.3 is 5.32 Å². The zero-order valence-corrected chi connectivity index (χ0v) is 7.25. The predicted molar refractivity (Wildman–Crippen MR) is 42.7 cm³/mol. The molecule has 0 unspecified atom stereocenters. The van der Waals surface area contributed by atoms with Crippen LogP contribution in [0.15, 0.2) is 0 Å². The van der Waals surface area contributed by atoms with Crippen LogP contribution in [0, 0.1) is 13.8 Å². The van der Waals surface area contributed by atoms with Crippen LogP contribution in [0.5, 0.6) is 0 Å². The summed E-state index contributed by atoms with van der Waals surface area (Å²) in [6.07, 6.45) is 0. The normalized spacial score (nSPS) is 9.58. The number of nitrogens with zero attached hydrogens (tertiary/aromatic N) is 3. The van der Waals surface area contributed by atoms with Gasteiger partial charge in [-0.25, -0.2) is 0 Å². The number of amides is 1. The maximum absolute atomic E-state index is 11.1. The lowest BCUT2D eigenvalue weighted by molar-refractivity contribution is 0.0956. The third-order valence-corrected chi connectivity index (χ3v) is 1.68. The Morgan fingerprint density at radius 2 is 2.00 bits per heavy atom. The lowest BCUT2D eigenvalue weighted by Crippen LogP contribution is -2.22. The number of nitrogens with one attached hydrogen (secondary N) is 1. The summed E-state index contributed by atoms with van der Waals surface area (Å²) in [5.74, 6) is -0.231. The van der Waals surface area contributed by atoms with Crippen molar-refractivity contribution in [1.29, 1.82) is 0 Å². The van der Waals surface area contributed by atoms with Crippen molar-refractivity contribution in [3.05, 3.63) is 17.0 Å². The molecule has 0 aliphatic carbocycles. The average molecular weight is 166 g/mol. The van der Waals surface area contributed by atoms with E-state index in [9.17, 15) is 4.79 Å². The van der Waals surface area contributed by atoms with E-state index in [-0.39, 0.29) is 5.91 Å². The van der Waals surface area contributed by atoms with E-state index < -0.39 is 0 Å². The number of rotatable bonds is 1. The van der Waals surface area contributed by atoms with Gasteiger partial charge >= 0.3 is 0 Å². The Morgan fingerprint density at radius 3 is 2.58 bits per heavy atom. The molecule has 1 aromatic rings. The number of carbonyl (C=O) groups excluding carboxylic acids is 1. The SMILES string of the molecule is CNC(=O)c1nnnc(C)c1C. The summed E-state index contributed by atoms with van der Waals surface area (Å²) in [5, 5.41) is 13.3. The smallest absolute Gasteiger partial charge is 0.271 e. The fourth-order valence-corrected chi connectivity index (χ4v) is 0.790. The molecule has 5 nitrogen and oxygen atoms in total. The summed E-state index contributed by atoms with van der Waals surface area (Å²) in [6, 6.07) is 0. The second-order valence-corrected chi connectivity index (χ2v) is 2.43. The second kappa shape index (κ2) is 3.25.